The summed E-state index contributed by atoms with van der Waals surface area (Å²) in [5, 5.41) is 8.80. The van der Waals surface area contributed by atoms with Crippen LogP contribution in [0.2, 0.25) is 0 Å². The molecule has 0 bridgehead atoms. The van der Waals surface area contributed by atoms with E-state index in [1.165, 1.54) is 31.2 Å². The predicted octanol–water partition coefficient (Wildman–Crippen LogP) is 2.74. The molecule has 0 saturated heterocycles. The molecule has 0 radical (unpaired) electrons. The molecule has 0 aromatic carbocycles. The van der Waals surface area contributed by atoms with Crippen molar-refractivity contribution in [2.75, 3.05) is 6.26 Å². The molecule has 1 heterocycles. The molecule has 3 nitrogen and oxygen atoms in total. The van der Waals surface area contributed by atoms with Crippen LogP contribution in [0, 0.1) is 0 Å². The number of hydrogen-bond acceptors (Lipinski definition) is 3. The number of thioether (sulfide) groups is 1. The Labute approximate surface area is 108 Å². The summed E-state index contributed by atoms with van der Waals surface area (Å²) in [4.78, 5) is 0. The normalized spacial score (nSPS) is 27.0. The van der Waals surface area contributed by atoms with E-state index in [0.29, 0.717) is 12.1 Å². The Balaban J connectivity index is 1.94. The molecule has 0 spiro atoms. The minimum atomic E-state index is 0.404. The van der Waals surface area contributed by atoms with E-state index in [4.69, 9.17) is 0 Å². The second kappa shape index (κ2) is 5.91. The van der Waals surface area contributed by atoms with Crippen LogP contribution in [0.4, 0.5) is 0 Å². The standard InChI is InChI=1S/C13H23N3S/c1-10(11-8-14-16(2)9-11)15-12-6-4-5-7-13(12)17-3/h8-10,12-13,15H,4-7H2,1-3H3. The van der Waals surface area contributed by atoms with Crippen molar-refractivity contribution in [3.63, 3.8) is 0 Å². The maximum atomic E-state index is 4.24. The van der Waals surface area contributed by atoms with Gasteiger partial charge in [0, 0.05) is 36.1 Å². The molecule has 1 aromatic rings. The van der Waals surface area contributed by atoms with Crippen molar-refractivity contribution in [2.24, 2.45) is 7.05 Å². The number of nitrogens with zero attached hydrogens (tertiary/aromatic N) is 2. The first-order valence-electron chi connectivity index (χ1n) is 6.48. The third kappa shape index (κ3) is 3.26. The molecule has 1 N–H and O–H groups in total. The van der Waals surface area contributed by atoms with Gasteiger partial charge in [-0.05, 0) is 26.0 Å². The van der Waals surface area contributed by atoms with Gasteiger partial charge >= 0.3 is 0 Å². The van der Waals surface area contributed by atoms with Gasteiger partial charge in [-0.1, -0.05) is 12.8 Å². The van der Waals surface area contributed by atoms with Gasteiger partial charge in [-0.15, -0.1) is 0 Å². The summed E-state index contributed by atoms with van der Waals surface area (Å²) in [6, 6.07) is 1.07. The average molecular weight is 253 g/mol. The van der Waals surface area contributed by atoms with Crippen molar-refractivity contribution in [1.29, 1.82) is 0 Å². The highest BCUT2D eigenvalue weighted by Gasteiger charge is 2.25. The van der Waals surface area contributed by atoms with E-state index in [0.717, 1.165) is 5.25 Å². The maximum Gasteiger partial charge on any atom is 0.0537 e. The van der Waals surface area contributed by atoms with Gasteiger partial charge in [-0.2, -0.15) is 16.9 Å². The number of rotatable bonds is 4. The van der Waals surface area contributed by atoms with Gasteiger partial charge in [0.15, 0.2) is 0 Å². The fraction of sp³-hybridized carbons (Fsp3) is 0.769. The number of hydrogen-bond donors (Lipinski definition) is 1. The molecule has 2 rings (SSSR count). The fourth-order valence-electron chi connectivity index (χ4n) is 2.65. The molecule has 1 fully saturated rings. The summed E-state index contributed by atoms with van der Waals surface area (Å²) in [6.45, 7) is 2.24. The van der Waals surface area contributed by atoms with Crippen molar-refractivity contribution in [1.82, 2.24) is 15.1 Å². The van der Waals surface area contributed by atoms with Crippen LogP contribution in [0.3, 0.4) is 0 Å². The van der Waals surface area contributed by atoms with E-state index >= 15 is 0 Å². The van der Waals surface area contributed by atoms with Crippen LogP contribution < -0.4 is 5.32 Å². The Morgan fingerprint density at radius 2 is 2.24 bits per heavy atom. The molecule has 1 aliphatic carbocycles. The Morgan fingerprint density at radius 1 is 1.47 bits per heavy atom. The van der Waals surface area contributed by atoms with Crippen LogP contribution in [0.15, 0.2) is 12.4 Å². The highest BCUT2D eigenvalue weighted by atomic mass is 32.2. The van der Waals surface area contributed by atoms with Crippen LogP contribution in [0.5, 0.6) is 0 Å². The molecular weight excluding hydrogens is 230 g/mol. The average Bonchev–Trinajstić information content (AvgIpc) is 2.77. The zero-order valence-corrected chi connectivity index (χ0v) is 11.8. The zero-order chi connectivity index (χ0) is 12.3. The Hall–Kier alpha value is -0.480. The van der Waals surface area contributed by atoms with E-state index < -0.39 is 0 Å². The van der Waals surface area contributed by atoms with Crippen LogP contribution in [-0.4, -0.2) is 27.3 Å². The van der Waals surface area contributed by atoms with Crippen molar-refractivity contribution in [2.45, 2.75) is 49.9 Å². The van der Waals surface area contributed by atoms with E-state index in [1.54, 1.807) is 0 Å². The molecule has 96 valence electrons. The van der Waals surface area contributed by atoms with Gasteiger partial charge in [-0.25, -0.2) is 0 Å². The summed E-state index contributed by atoms with van der Waals surface area (Å²) in [7, 11) is 1.97. The third-order valence-electron chi connectivity index (χ3n) is 3.69. The lowest BCUT2D eigenvalue weighted by Gasteiger charge is -2.33. The lowest BCUT2D eigenvalue weighted by molar-refractivity contribution is 0.356. The lowest BCUT2D eigenvalue weighted by Crippen LogP contribution is -2.41. The molecule has 4 heteroatoms. The van der Waals surface area contributed by atoms with Crippen molar-refractivity contribution >= 4 is 11.8 Å². The van der Waals surface area contributed by atoms with Crippen molar-refractivity contribution < 1.29 is 0 Å². The molecule has 17 heavy (non-hydrogen) atoms. The summed E-state index contributed by atoms with van der Waals surface area (Å²) < 4.78 is 1.88. The largest absolute Gasteiger partial charge is 0.306 e. The fourth-order valence-corrected chi connectivity index (χ4v) is 3.60. The topological polar surface area (TPSA) is 29.9 Å². The highest BCUT2D eigenvalue weighted by molar-refractivity contribution is 7.99. The Kier molecular flexibility index (Phi) is 4.51. The smallest absolute Gasteiger partial charge is 0.0537 e. The van der Waals surface area contributed by atoms with Gasteiger partial charge in [-0.3, -0.25) is 4.68 Å². The van der Waals surface area contributed by atoms with Gasteiger partial charge in [0.2, 0.25) is 0 Å². The molecule has 3 unspecified atom stereocenters. The summed E-state index contributed by atoms with van der Waals surface area (Å²) in [5.74, 6) is 0. The monoisotopic (exact) mass is 253 g/mol. The first kappa shape index (κ1) is 13.0. The quantitative estimate of drug-likeness (QED) is 0.895. The summed E-state index contributed by atoms with van der Waals surface area (Å²) >= 11 is 2.01. The first-order chi connectivity index (χ1) is 8.20. The minimum absolute atomic E-state index is 0.404. The van der Waals surface area contributed by atoms with Gasteiger partial charge in [0.05, 0.1) is 6.20 Å². The van der Waals surface area contributed by atoms with E-state index in [-0.39, 0.29) is 0 Å². The first-order valence-corrected chi connectivity index (χ1v) is 7.77. The predicted molar refractivity (Wildman–Crippen MR) is 74.3 cm³/mol. The Morgan fingerprint density at radius 3 is 2.88 bits per heavy atom. The molecule has 1 aromatic heterocycles. The summed E-state index contributed by atoms with van der Waals surface area (Å²) in [5.41, 5.74) is 1.29. The van der Waals surface area contributed by atoms with E-state index in [9.17, 15) is 0 Å². The van der Waals surface area contributed by atoms with Crippen LogP contribution in [-0.2, 0) is 7.05 Å². The maximum absolute atomic E-state index is 4.24. The molecule has 0 aliphatic heterocycles. The van der Waals surface area contributed by atoms with Crippen LogP contribution in [0.25, 0.3) is 0 Å². The number of aryl methyl sites for hydroxylation is 1. The SMILES string of the molecule is CSC1CCCCC1NC(C)c1cnn(C)c1. The van der Waals surface area contributed by atoms with Gasteiger partial charge < -0.3 is 5.32 Å². The van der Waals surface area contributed by atoms with E-state index in [2.05, 4.69) is 29.8 Å². The minimum Gasteiger partial charge on any atom is -0.306 e. The molecule has 1 aliphatic rings. The lowest BCUT2D eigenvalue weighted by atomic mass is 9.94. The molecule has 1 saturated carbocycles. The van der Waals surface area contributed by atoms with Gasteiger partial charge in [0.1, 0.15) is 0 Å². The molecule has 3 atom stereocenters. The molecule has 0 amide bonds. The molecular formula is C13H23N3S. The Bertz CT molecular complexity index is 350. The van der Waals surface area contributed by atoms with Crippen molar-refractivity contribution in [3.8, 4) is 0 Å². The highest BCUT2D eigenvalue weighted by Crippen LogP contribution is 2.28. The van der Waals surface area contributed by atoms with E-state index in [1.807, 2.05) is 29.7 Å². The van der Waals surface area contributed by atoms with Crippen LogP contribution in [0.1, 0.15) is 44.2 Å². The second-order valence-electron chi connectivity index (χ2n) is 5.00. The van der Waals surface area contributed by atoms with Crippen LogP contribution >= 0.6 is 11.8 Å². The summed E-state index contributed by atoms with van der Waals surface area (Å²) in [6.07, 6.45) is 11.7. The number of aromatic nitrogens is 2. The number of nitrogens with one attached hydrogen (secondary N) is 1. The third-order valence-corrected chi connectivity index (χ3v) is 4.86. The van der Waals surface area contributed by atoms with Gasteiger partial charge in [0.25, 0.3) is 0 Å². The zero-order valence-electron chi connectivity index (χ0n) is 11.0. The van der Waals surface area contributed by atoms with Crippen molar-refractivity contribution in [3.05, 3.63) is 18.0 Å². The second-order valence-corrected chi connectivity index (χ2v) is 6.08.